The number of hydrogen-bond donors (Lipinski definition) is 0. The summed E-state index contributed by atoms with van der Waals surface area (Å²) in [6.07, 6.45) is 0. The van der Waals surface area contributed by atoms with E-state index in [1.165, 1.54) is 19.5 Å². The summed E-state index contributed by atoms with van der Waals surface area (Å²) in [6, 6.07) is 12.8. The molecule has 3 heterocycles. The molecular formula is C14H14S3. The summed E-state index contributed by atoms with van der Waals surface area (Å²) in [5, 5.41) is 4.19. The van der Waals surface area contributed by atoms with E-state index in [-0.39, 0.29) is 0 Å². The maximum absolute atomic E-state index is 2.19. The van der Waals surface area contributed by atoms with E-state index in [0.717, 1.165) is 0 Å². The maximum atomic E-state index is 2.19. The van der Waals surface area contributed by atoms with Gasteiger partial charge in [0.05, 0.1) is 0 Å². The van der Waals surface area contributed by atoms with Gasteiger partial charge in [-0.05, 0) is 48.9 Å². The Bertz CT molecular complexity index is 530. The van der Waals surface area contributed by atoms with Crippen LogP contribution in [0.4, 0.5) is 0 Å². The van der Waals surface area contributed by atoms with Crippen LogP contribution in [0.1, 0.15) is 9.75 Å². The predicted octanol–water partition coefficient (Wildman–Crippen LogP) is 5.84. The number of rotatable bonds is 1. The van der Waals surface area contributed by atoms with Crippen LogP contribution in [0.25, 0.3) is 9.75 Å². The maximum Gasteiger partial charge on any atom is 0.0445 e. The highest BCUT2D eigenvalue weighted by Crippen LogP contribution is 2.30. The summed E-state index contributed by atoms with van der Waals surface area (Å²) >= 11 is 5.43. The average molecular weight is 278 g/mol. The van der Waals surface area contributed by atoms with Crippen molar-refractivity contribution in [2.45, 2.75) is 13.8 Å². The zero-order chi connectivity index (χ0) is 12.1. The molecule has 3 aromatic rings. The molecule has 0 spiro atoms. The van der Waals surface area contributed by atoms with Crippen LogP contribution in [-0.2, 0) is 0 Å². The summed E-state index contributed by atoms with van der Waals surface area (Å²) in [6.45, 7) is 4.24. The lowest BCUT2D eigenvalue weighted by molar-refractivity contribution is 1.64. The first-order valence-electron chi connectivity index (χ1n) is 5.36. The minimum absolute atomic E-state index is 1.38. The SMILES string of the molecule is Cc1ccc(-c2cccs2)s1.Cc1cccs1. The second-order valence-corrected chi connectivity index (χ2v) is 7.00. The molecule has 0 aliphatic heterocycles. The molecule has 0 aromatic carbocycles. The molecular weight excluding hydrogens is 264 g/mol. The molecule has 88 valence electrons. The fourth-order valence-corrected chi connectivity index (χ4v) is 3.58. The summed E-state index contributed by atoms with van der Waals surface area (Å²) in [7, 11) is 0. The Kier molecular flexibility index (Phi) is 4.54. The number of hydrogen-bond acceptors (Lipinski definition) is 3. The van der Waals surface area contributed by atoms with Crippen molar-refractivity contribution in [1.29, 1.82) is 0 Å². The molecule has 0 fully saturated rings. The van der Waals surface area contributed by atoms with E-state index in [9.17, 15) is 0 Å². The van der Waals surface area contributed by atoms with E-state index in [2.05, 4.69) is 61.0 Å². The Morgan fingerprint density at radius 3 is 1.88 bits per heavy atom. The normalized spacial score (nSPS) is 9.76. The lowest BCUT2D eigenvalue weighted by Crippen LogP contribution is -1.55. The highest BCUT2D eigenvalue weighted by atomic mass is 32.1. The van der Waals surface area contributed by atoms with Crippen LogP contribution < -0.4 is 0 Å². The van der Waals surface area contributed by atoms with Gasteiger partial charge in [-0.3, -0.25) is 0 Å². The van der Waals surface area contributed by atoms with E-state index in [0.29, 0.717) is 0 Å². The van der Waals surface area contributed by atoms with Crippen LogP contribution in [0.3, 0.4) is 0 Å². The first-order chi connectivity index (χ1) is 8.25. The van der Waals surface area contributed by atoms with Gasteiger partial charge in [-0.1, -0.05) is 12.1 Å². The van der Waals surface area contributed by atoms with Gasteiger partial charge in [0.15, 0.2) is 0 Å². The van der Waals surface area contributed by atoms with Gasteiger partial charge in [0.25, 0.3) is 0 Å². The minimum Gasteiger partial charge on any atom is -0.149 e. The molecule has 0 unspecified atom stereocenters. The monoisotopic (exact) mass is 278 g/mol. The Morgan fingerprint density at radius 1 is 0.706 bits per heavy atom. The van der Waals surface area contributed by atoms with Crippen LogP contribution >= 0.6 is 34.0 Å². The standard InChI is InChI=1S/C9H8S2.C5H6S/c1-7-4-5-9(11-7)8-3-2-6-10-8;1-5-3-2-4-6-5/h2-6H,1H3;2-4H,1H3. The molecule has 3 aromatic heterocycles. The summed E-state index contributed by atoms with van der Waals surface area (Å²) < 4.78 is 0. The molecule has 0 bridgehead atoms. The van der Waals surface area contributed by atoms with Crippen LogP contribution in [0.5, 0.6) is 0 Å². The second-order valence-electron chi connectivity index (χ2n) is 3.61. The van der Waals surface area contributed by atoms with Crippen molar-refractivity contribution >= 4 is 34.0 Å². The predicted molar refractivity (Wildman–Crippen MR) is 81.4 cm³/mol. The topological polar surface area (TPSA) is 0 Å². The van der Waals surface area contributed by atoms with Crippen LogP contribution in [0.2, 0.25) is 0 Å². The molecule has 0 aliphatic rings. The fraction of sp³-hybridized carbons (Fsp3) is 0.143. The zero-order valence-corrected chi connectivity index (χ0v) is 12.3. The van der Waals surface area contributed by atoms with Crippen molar-refractivity contribution in [3.05, 3.63) is 56.9 Å². The quantitative estimate of drug-likeness (QED) is 0.524. The molecule has 0 nitrogen and oxygen atoms in total. The van der Waals surface area contributed by atoms with Gasteiger partial charge in [-0.15, -0.1) is 34.0 Å². The molecule has 0 radical (unpaired) electrons. The summed E-state index contributed by atoms with van der Waals surface area (Å²) in [4.78, 5) is 5.53. The molecule has 0 aliphatic carbocycles. The van der Waals surface area contributed by atoms with Crippen LogP contribution in [0, 0.1) is 13.8 Å². The Hall–Kier alpha value is -0.900. The van der Waals surface area contributed by atoms with E-state index in [4.69, 9.17) is 0 Å². The van der Waals surface area contributed by atoms with Gasteiger partial charge in [-0.2, -0.15) is 0 Å². The first-order valence-corrected chi connectivity index (χ1v) is 7.94. The van der Waals surface area contributed by atoms with Crippen molar-refractivity contribution in [1.82, 2.24) is 0 Å². The molecule has 17 heavy (non-hydrogen) atoms. The van der Waals surface area contributed by atoms with E-state index >= 15 is 0 Å². The van der Waals surface area contributed by atoms with Gasteiger partial charge in [0.1, 0.15) is 0 Å². The molecule has 0 saturated carbocycles. The summed E-state index contributed by atoms with van der Waals surface area (Å²) in [5.74, 6) is 0. The number of aryl methyl sites for hydroxylation is 2. The third-order valence-corrected chi connectivity index (χ3v) is 5.04. The average Bonchev–Trinajstić information content (AvgIpc) is 2.98. The van der Waals surface area contributed by atoms with Gasteiger partial charge in [0.2, 0.25) is 0 Å². The number of thiophene rings is 3. The highest BCUT2D eigenvalue weighted by molar-refractivity contribution is 7.21. The summed E-state index contributed by atoms with van der Waals surface area (Å²) in [5.41, 5.74) is 0. The van der Waals surface area contributed by atoms with E-state index in [1.54, 1.807) is 22.7 Å². The molecule has 0 N–H and O–H groups in total. The van der Waals surface area contributed by atoms with E-state index < -0.39 is 0 Å². The van der Waals surface area contributed by atoms with Crippen molar-refractivity contribution < 1.29 is 0 Å². The fourth-order valence-electron chi connectivity index (χ4n) is 1.35. The third-order valence-electron chi connectivity index (χ3n) is 2.17. The smallest absolute Gasteiger partial charge is 0.0445 e. The van der Waals surface area contributed by atoms with Gasteiger partial charge >= 0.3 is 0 Å². The van der Waals surface area contributed by atoms with Gasteiger partial charge in [-0.25, -0.2) is 0 Å². The van der Waals surface area contributed by atoms with Gasteiger partial charge < -0.3 is 0 Å². The van der Waals surface area contributed by atoms with Crippen molar-refractivity contribution in [3.8, 4) is 9.75 Å². The molecule has 0 amide bonds. The van der Waals surface area contributed by atoms with Crippen molar-refractivity contribution in [2.75, 3.05) is 0 Å². The Labute approximate surface area is 114 Å². The lowest BCUT2D eigenvalue weighted by atomic mass is 10.4. The third kappa shape index (κ3) is 3.80. The Morgan fingerprint density at radius 2 is 1.47 bits per heavy atom. The highest BCUT2D eigenvalue weighted by Gasteiger charge is 1.99. The van der Waals surface area contributed by atoms with E-state index in [1.807, 2.05) is 11.3 Å². The molecule has 3 heteroatoms. The van der Waals surface area contributed by atoms with Crippen molar-refractivity contribution in [2.24, 2.45) is 0 Å². The zero-order valence-electron chi connectivity index (χ0n) is 9.84. The molecule has 0 saturated heterocycles. The molecule has 0 atom stereocenters. The van der Waals surface area contributed by atoms with Crippen molar-refractivity contribution in [3.63, 3.8) is 0 Å². The van der Waals surface area contributed by atoms with Gasteiger partial charge in [0, 0.05) is 19.5 Å². The lowest BCUT2D eigenvalue weighted by Gasteiger charge is -1.86. The Balaban J connectivity index is 0.000000153. The molecule has 3 rings (SSSR count). The van der Waals surface area contributed by atoms with Crippen LogP contribution in [0.15, 0.2) is 47.2 Å². The largest absolute Gasteiger partial charge is 0.149 e. The minimum atomic E-state index is 1.38. The van der Waals surface area contributed by atoms with Crippen LogP contribution in [-0.4, -0.2) is 0 Å². The second kappa shape index (κ2) is 6.15. The first kappa shape index (κ1) is 12.6.